The number of carbonyl (C=O) groups excluding carboxylic acids is 1. The van der Waals surface area contributed by atoms with Gasteiger partial charge in [-0.15, -0.1) is 0 Å². The van der Waals surface area contributed by atoms with Gasteiger partial charge in [-0.1, -0.05) is 0 Å². The van der Waals surface area contributed by atoms with Crippen LogP contribution in [-0.4, -0.2) is 17.3 Å². The molecule has 0 aliphatic rings. The Labute approximate surface area is 77.0 Å². The van der Waals surface area contributed by atoms with Crippen LogP contribution in [-0.2, 0) is 18.9 Å². The van der Waals surface area contributed by atoms with Crippen LogP contribution in [0.15, 0.2) is 0 Å². The minimum absolute atomic E-state index is 0.674. The predicted octanol–water partition coefficient (Wildman–Crippen LogP) is 0.402. The lowest BCUT2D eigenvalue weighted by molar-refractivity contribution is -0.777. The molecule has 0 heterocycles. The molecule has 8 heteroatoms. The third-order valence-corrected chi connectivity index (χ3v) is 1.25. The summed E-state index contributed by atoms with van der Waals surface area (Å²) in [5, 5.41) is 7.90. The quantitative estimate of drug-likeness (QED) is 0.287. The van der Waals surface area contributed by atoms with Gasteiger partial charge in [-0.2, -0.15) is 13.1 Å². The molecule has 0 N–H and O–H groups in total. The van der Waals surface area contributed by atoms with Crippen molar-refractivity contribution < 1.29 is 32.9 Å². The first-order valence-corrected chi connectivity index (χ1v) is 3.87. The van der Waals surface area contributed by atoms with Crippen LogP contribution in [0.3, 0.4) is 0 Å². The van der Waals surface area contributed by atoms with E-state index in [9.17, 15) is 18.8 Å². The minimum Gasteiger partial charge on any atom is -0.691 e. The van der Waals surface area contributed by atoms with E-state index in [1.807, 2.05) is 0 Å². The highest BCUT2D eigenvalue weighted by Crippen LogP contribution is 2.31. The van der Waals surface area contributed by atoms with E-state index in [0.29, 0.717) is 0 Å². The number of alkyl halides is 2. The number of carbonyl (C=O) groups is 1. The van der Waals surface area contributed by atoms with Gasteiger partial charge in [0.1, 0.15) is 12.0 Å². The van der Waals surface area contributed by atoms with Gasteiger partial charge >= 0.3 is 11.2 Å². The second-order valence-corrected chi connectivity index (χ2v) is 3.01. The van der Waals surface area contributed by atoms with Crippen LogP contribution in [0.5, 0.6) is 0 Å². The Morgan fingerprint density at radius 3 is 2.46 bits per heavy atom. The molecule has 0 aliphatic heterocycles. The van der Waals surface area contributed by atoms with Gasteiger partial charge in [0.2, 0.25) is 0 Å². The number of hydrogen-bond acceptors (Lipinski definition) is 6. The molecule has 13 heavy (non-hydrogen) atoms. The number of rotatable bonds is 5. The first-order valence-electron chi connectivity index (χ1n) is 3.13. The molecule has 0 spiro atoms. The fourth-order valence-electron chi connectivity index (χ4n) is 0.373. The van der Waals surface area contributed by atoms with Crippen LogP contribution in [0, 0.1) is 0 Å². The van der Waals surface area contributed by atoms with E-state index < -0.39 is 29.4 Å². The van der Waals surface area contributed by atoms with Gasteiger partial charge < -0.3 is 9.99 Å². The van der Waals surface area contributed by atoms with Crippen LogP contribution >= 0.6 is 12.0 Å². The summed E-state index contributed by atoms with van der Waals surface area (Å²) in [5.41, 5.74) is 0. The molecular weight excluding hydrogens is 210 g/mol. The molecule has 78 valence electrons. The van der Waals surface area contributed by atoms with Crippen molar-refractivity contribution in [2.75, 3.05) is 0 Å². The van der Waals surface area contributed by atoms with Gasteiger partial charge in [0, 0.05) is 0 Å². The standard InChI is InChI=1S/C5H8F2O5S/c1-3(2)10-4(8)5(6,7)13-12-11-9/h3,9H,1-2H3/p-1. The molecule has 0 saturated heterocycles. The minimum atomic E-state index is -3.95. The highest BCUT2D eigenvalue weighted by Gasteiger charge is 2.44. The van der Waals surface area contributed by atoms with Gasteiger partial charge in [0.15, 0.2) is 0 Å². The Morgan fingerprint density at radius 1 is 1.54 bits per heavy atom. The molecule has 0 rings (SSSR count). The molecule has 0 aromatic carbocycles. The molecule has 0 saturated carbocycles. The Kier molecular flexibility index (Phi) is 5.14. The van der Waals surface area contributed by atoms with Crippen LogP contribution in [0.4, 0.5) is 8.78 Å². The maximum Gasteiger partial charge on any atom is 0.415 e. The van der Waals surface area contributed by atoms with Gasteiger partial charge in [-0.05, 0) is 13.8 Å². The molecule has 0 radical (unpaired) electrons. The second-order valence-electron chi connectivity index (χ2n) is 2.19. The van der Waals surface area contributed by atoms with Gasteiger partial charge in [0.25, 0.3) is 0 Å². The number of halogens is 2. The van der Waals surface area contributed by atoms with Crippen LogP contribution < -0.4 is 5.26 Å². The smallest absolute Gasteiger partial charge is 0.415 e. The van der Waals surface area contributed by atoms with Crippen molar-refractivity contribution in [1.82, 2.24) is 0 Å². The Hall–Kier alpha value is -0.440. The summed E-state index contributed by atoms with van der Waals surface area (Å²) < 4.78 is 32.5. The molecule has 0 amide bonds. The average molecular weight is 217 g/mol. The van der Waals surface area contributed by atoms with Crippen LogP contribution in [0.25, 0.3) is 0 Å². The van der Waals surface area contributed by atoms with E-state index in [4.69, 9.17) is 0 Å². The van der Waals surface area contributed by atoms with E-state index in [-0.39, 0.29) is 0 Å². The van der Waals surface area contributed by atoms with E-state index in [2.05, 4.69) is 14.1 Å². The second kappa shape index (κ2) is 5.32. The van der Waals surface area contributed by atoms with Crippen molar-refractivity contribution in [3.8, 4) is 0 Å². The van der Waals surface area contributed by atoms with E-state index in [1.165, 1.54) is 13.8 Å². The lowest BCUT2D eigenvalue weighted by atomic mass is 10.5. The highest BCUT2D eigenvalue weighted by atomic mass is 32.2. The molecule has 0 atom stereocenters. The third kappa shape index (κ3) is 4.98. The zero-order chi connectivity index (χ0) is 10.5. The molecule has 0 bridgehead atoms. The first kappa shape index (κ1) is 12.6. The number of ether oxygens (including phenoxy) is 1. The average Bonchev–Trinajstić information content (AvgIpc) is 1.99. The van der Waals surface area contributed by atoms with Crippen LogP contribution in [0.1, 0.15) is 13.8 Å². The molecule has 0 unspecified atom stereocenters. The molecule has 0 aliphatic carbocycles. The predicted molar refractivity (Wildman–Crippen MR) is 35.9 cm³/mol. The summed E-state index contributed by atoms with van der Waals surface area (Å²) in [6.45, 7) is 2.81. The van der Waals surface area contributed by atoms with Crippen molar-refractivity contribution in [2.45, 2.75) is 25.2 Å². The lowest BCUT2D eigenvalue weighted by Crippen LogP contribution is -2.30. The van der Waals surface area contributed by atoms with Crippen molar-refractivity contribution in [2.24, 2.45) is 0 Å². The monoisotopic (exact) mass is 217 g/mol. The highest BCUT2D eigenvalue weighted by molar-refractivity contribution is 7.96. The van der Waals surface area contributed by atoms with Crippen molar-refractivity contribution in [3.63, 3.8) is 0 Å². The van der Waals surface area contributed by atoms with E-state index in [1.54, 1.807) is 0 Å². The first-order chi connectivity index (χ1) is 5.90. The normalized spacial score (nSPS) is 11.8. The van der Waals surface area contributed by atoms with Crippen LogP contribution in [0.2, 0.25) is 0 Å². The SMILES string of the molecule is CC(C)OC(=O)C(F)(F)SOO[O-]. The summed E-state index contributed by atoms with van der Waals surface area (Å²) in [7, 11) is 0. The van der Waals surface area contributed by atoms with E-state index >= 15 is 0 Å². The molecule has 0 fully saturated rings. The summed E-state index contributed by atoms with van der Waals surface area (Å²) >= 11 is -0.714. The summed E-state index contributed by atoms with van der Waals surface area (Å²) in [5.74, 6) is -1.79. The summed E-state index contributed by atoms with van der Waals surface area (Å²) in [6.07, 6.45) is -0.674. The van der Waals surface area contributed by atoms with Crippen molar-refractivity contribution >= 4 is 18.0 Å². The fourth-order valence-corrected chi connectivity index (χ4v) is 0.603. The third-order valence-electron chi connectivity index (χ3n) is 0.747. The summed E-state index contributed by atoms with van der Waals surface area (Å²) in [4.78, 5) is 10.6. The van der Waals surface area contributed by atoms with E-state index in [0.717, 1.165) is 0 Å². The largest absolute Gasteiger partial charge is 0.691 e. The topological polar surface area (TPSA) is 67.8 Å². The molecule has 5 nitrogen and oxygen atoms in total. The number of esters is 1. The zero-order valence-corrected chi connectivity index (χ0v) is 7.60. The fraction of sp³-hybridized carbons (Fsp3) is 0.800. The van der Waals surface area contributed by atoms with Crippen molar-refractivity contribution in [1.29, 1.82) is 0 Å². The van der Waals surface area contributed by atoms with Gasteiger partial charge in [-0.3, -0.25) is 5.04 Å². The Bertz CT molecular complexity index is 174. The van der Waals surface area contributed by atoms with Crippen molar-refractivity contribution in [3.05, 3.63) is 0 Å². The molecular formula is C5H7F2O5S-. The van der Waals surface area contributed by atoms with Gasteiger partial charge in [-0.25, -0.2) is 4.79 Å². The van der Waals surface area contributed by atoms with Gasteiger partial charge in [0.05, 0.1) is 6.10 Å². The maximum atomic E-state index is 12.5. The Morgan fingerprint density at radius 2 is 2.08 bits per heavy atom. The summed E-state index contributed by atoms with van der Waals surface area (Å²) in [6, 6.07) is 0. The molecule has 0 aromatic rings. The lowest BCUT2D eigenvalue weighted by Gasteiger charge is -2.15. The zero-order valence-electron chi connectivity index (χ0n) is 6.78. The maximum absolute atomic E-state index is 12.5. The Balaban J connectivity index is 4.03. The number of hydrogen-bond donors (Lipinski definition) is 0. The molecule has 0 aromatic heterocycles.